The van der Waals surface area contributed by atoms with E-state index in [1.54, 1.807) is 11.3 Å². The van der Waals surface area contributed by atoms with E-state index in [1.165, 1.54) is 10.6 Å². The second kappa shape index (κ2) is 3.67. The van der Waals surface area contributed by atoms with E-state index in [2.05, 4.69) is 30.5 Å². The first-order chi connectivity index (χ1) is 6.70. The molecule has 0 spiro atoms. The molecule has 0 aliphatic rings. The van der Waals surface area contributed by atoms with Crippen LogP contribution >= 0.6 is 23.6 Å². The van der Waals surface area contributed by atoms with Gasteiger partial charge < -0.3 is 0 Å². The molecule has 0 atom stereocenters. The number of aryl methyl sites for hydroxylation is 1. The standard InChI is InChI=1S/C11H11NS2/c1-8-9(2)14-11(13)12(8)10-6-4-3-5-7-10/h3-7H,1-2H3. The molecule has 0 N–H and O–H groups in total. The zero-order valence-corrected chi connectivity index (χ0v) is 9.78. The van der Waals surface area contributed by atoms with Crippen LogP contribution in [0.1, 0.15) is 10.6 Å². The Morgan fingerprint density at radius 1 is 1.14 bits per heavy atom. The molecule has 0 fully saturated rings. The smallest absolute Gasteiger partial charge is 0.166 e. The van der Waals surface area contributed by atoms with E-state index < -0.39 is 0 Å². The van der Waals surface area contributed by atoms with Crippen molar-refractivity contribution in [2.45, 2.75) is 13.8 Å². The maximum Gasteiger partial charge on any atom is 0.166 e. The first-order valence-electron chi connectivity index (χ1n) is 4.44. The zero-order valence-electron chi connectivity index (χ0n) is 8.15. The summed E-state index contributed by atoms with van der Waals surface area (Å²) in [7, 11) is 0. The lowest BCUT2D eigenvalue weighted by molar-refractivity contribution is 0.995. The SMILES string of the molecule is Cc1sc(=S)n(-c2ccccc2)c1C. The monoisotopic (exact) mass is 221 g/mol. The van der Waals surface area contributed by atoms with E-state index >= 15 is 0 Å². The molecule has 1 heterocycles. The van der Waals surface area contributed by atoms with Crippen LogP contribution in [0.5, 0.6) is 0 Å². The summed E-state index contributed by atoms with van der Waals surface area (Å²) >= 11 is 6.99. The van der Waals surface area contributed by atoms with Crippen molar-refractivity contribution in [3.8, 4) is 5.69 Å². The van der Waals surface area contributed by atoms with E-state index in [4.69, 9.17) is 12.2 Å². The number of para-hydroxylation sites is 1. The van der Waals surface area contributed by atoms with Gasteiger partial charge in [-0.2, -0.15) is 0 Å². The van der Waals surface area contributed by atoms with Crippen LogP contribution in [-0.2, 0) is 0 Å². The van der Waals surface area contributed by atoms with Gasteiger partial charge >= 0.3 is 0 Å². The average Bonchev–Trinajstić information content (AvgIpc) is 2.43. The zero-order chi connectivity index (χ0) is 10.1. The molecule has 2 aromatic rings. The quantitative estimate of drug-likeness (QED) is 0.661. The van der Waals surface area contributed by atoms with Gasteiger partial charge in [0.25, 0.3) is 0 Å². The van der Waals surface area contributed by atoms with Crippen LogP contribution in [0.4, 0.5) is 0 Å². The molecule has 0 saturated heterocycles. The largest absolute Gasteiger partial charge is 0.296 e. The van der Waals surface area contributed by atoms with Crippen molar-refractivity contribution in [2.24, 2.45) is 0 Å². The highest BCUT2D eigenvalue weighted by Gasteiger charge is 2.05. The molecule has 1 aromatic heterocycles. The second-order valence-electron chi connectivity index (χ2n) is 3.18. The number of benzene rings is 1. The summed E-state index contributed by atoms with van der Waals surface area (Å²) in [5, 5.41) is 0. The highest BCUT2D eigenvalue weighted by atomic mass is 32.1. The lowest BCUT2D eigenvalue weighted by Gasteiger charge is -2.04. The molecule has 0 amide bonds. The Morgan fingerprint density at radius 3 is 2.29 bits per heavy atom. The molecule has 0 unspecified atom stereocenters. The highest BCUT2D eigenvalue weighted by Crippen LogP contribution is 2.21. The van der Waals surface area contributed by atoms with Crippen LogP contribution in [-0.4, -0.2) is 4.57 Å². The van der Waals surface area contributed by atoms with Crippen molar-refractivity contribution < 1.29 is 0 Å². The summed E-state index contributed by atoms with van der Waals surface area (Å²) in [5.74, 6) is 0. The minimum atomic E-state index is 0.922. The van der Waals surface area contributed by atoms with Gasteiger partial charge in [-0.15, -0.1) is 11.3 Å². The number of hydrogen-bond donors (Lipinski definition) is 0. The predicted octanol–water partition coefficient (Wildman–Crippen LogP) is 3.89. The molecule has 72 valence electrons. The number of rotatable bonds is 1. The second-order valence-corrected chi connectivity index (χ2v) is 5.03. The van der Waals surface area contributed by atoms with Gasteiger partial charge in [0.15, 0.2) is 3.95 Å². The third-order valence-corrected chi connectivity index (χ3v) is 3.67. The van der Waals surface area contributed by atoms with Crippen LogP contribution in [0, 0.1) is 17.8 Å². The Bertz CT molecular complexity index is 494. The van der Waals surface area contributed by atoms with Gasteiger partial charge in [-0.25, -0.2) is 0 Å². The van der Waals surface area contributed by atoms with Crippen LogP contribution in [0.25, 0.3) is 5.69 Å². The lowest BCUT2D eigenvalue weighted by atomic mass is 10.3. The number of aromatic nitrogens is 1. The summed E-state index contributed by atoms with van der Waals surface area (Å²) < 4.78 is 3.04. The summed E-state index contributed by atoms with van der Waals surface area (Å²) in [6, 6.07) is 10.2. The van der Waals surface area contributed by atoms with Gasteiger partial charge in [0.1, 0.15) is 0 Å². The number of hydrogen-bond acceptors (Lipinski definition) is 2. The third-order valence-electron chi connectivity index (χ3n) is 2.28. The Hall–Kier alpha value is -0.930. The first kappa shape index (κ1) is 9.62. The Balaban J connectivity index is 2.69. The molecule has 14 heavy (non-hydrogen) atoms. The van der Waals surface area contributed by atoms with Gasteiger partial charge in [0, 0.05) is 16.3 Å². The van der Waals surface area contributed by atoms with E-state index in [0.29, 0.717) is 0 Å². The minimum Gasteiger partial charge on any atom is -0.296 e. The van der Waals surface area contributed by atoms with E-state index in [0.717, 1.165) is 9.64 Å². The van der Waals surface area contributed by atoms with Crippen LogP contribution in [0.15, 0.2) is 30.3 Å². The number of thiazole rings is 1. The third kappa shape index (κ3) is 1.53. The maximum absolute atomic E-state index is 5.32. The van der Waals surface area contributed by atoms with Gasteiger partial charge in [-0.05, 0) is 38.2 Å². The molecule has 1 nitrogen and oxygen atoms in total. The minimum absolute atomic E-state index is 0.922. The molecule has 0 aliphatic carbocycles. The molecule has 1 aromatic carbocycles. The van der Waals surface area contributed by atoms with Crippen molar-refractivity contribution in [3.63, 3.8) is 0 Å². The Kier molecular flexibility index (Phi) is 2.52. The van der Waals surface area contributed by atoms with E-state index in [9.17, 15) is 0 Å². The summed E-state index contributed by atoms with van der Waals surface area (Å²) in [5.41, 5.74) is 2.39. The average molecular weight is 221 g/mol. The normalized spacial score (nSPS) is 10.4. The molecule has 0 radical (unpaired) electrons. The fraction of sp³-hybridized carbons (Fsp3) is 0.182. The van der Waals surface area contributed by atoms with Gasteiger partial charge in [-0.1, -0.05) is 18.2 Å². The van der Waals surface area contributed by atoms with Crippen LogP contribution < -0.4 is 0 Å². The Labute approximate surface area is 92.6 Å². The molecule has 0 saturated carbocycles. The number of nitrogens with zero attached hydrogens (tertiary/aromatic N) is 1. The van der Waals surface area contributed by atoms with Crippen molar-refractivity contribution in [2.75, 3.05) is 0 Å². The van der Waals surface area contributed by atoms with Crippen LogP contribution in [0.2, 0.25) is 0 Å². The fourth-order valence-corrected chi connectivity index (χ4v) is 2.87. The van der Waals surface area contributed by atoms with Crippen molar-refractivity contribution in [1.29, 1.82) is 0 Å². The first-order valence-corrected chi connectivity index (χ1v) is 5.67. The van der Waals surface area contributed by atoms with Gasteiger partial charge in [-0.3, -0.25) is 4.57 Å². The van der Waals surface area contributed by atoms with E-state index in [-0.39, 0.29) is 0 Å². The molecule has 2 rings (SSSR count). The molecule has 0 bridgehead atoms. The highest BCUT2D eigenvalue weighted by molar-refractivity contribution is 7.73. The summed E-state index contributed by atoms with van der Waals surface area (Å²) in [6.07, 6.45) is 0. The van der Waals surface area contributed by atoms with Crippen LogP contribution in [0.3, 0.4) is 0 Å². The summed E-state index contributed by atoms with van der Waals surface area (Å²) in [4.78, 5) is 1.29. The van der Waals surface area contributed by atoms with Gasteiger partial charge in [0.2, 0.25) is 0 Å². The molecule has 3 heteroatoms. The van der Waals surface area contributed by atoms with Crippen molar-refractivity contribution >= 4 is 23.6 Å². The summed E-state index contributed by atoms with van der Waals surface area (Å²) in [6.45, 7) is 4.21. The van der Waals surface area contributed by atoms with Crippen molar-refractivity contribution in [3.05, 3.63) is 44.9 Å². The van der Waals surface area contributed by atoms with E-state index in [1.807, 2.05) is 18.2 Å². The Morgan fingerprint density at radius 2 is 1.79 bits per heavy atom. The molecular weight excluding hydrogens is 210 g/mol. The maximum atomic E-state index is 5.32. The van der Waals surface area contributed by atoms with Crippen molar-refractivity contribution in [1.82, 2.24) is 4.57 Å². The molecular formula is C11H11NS2. The fourth-order valence-electron chi connectivity index (χ4n) is 1.42. The lowest BCUT2D eigenvalue weighted by Crippen LogP contribution is -1.95. The van der Waals surface area contributed by atoms with Gasteiger partial charge in [0.05, 0.1) is 0 Å². The molecule has 0 aliphatic heterocycles. The predicted molar refractivity (Wildman–Crippen MR) is 64.0 cm³/mol. The topological polar surface area (TPSA) is 4.93 Å².